The highest BCUT2D eigenvalue weighted by Gasteiger charge is 2.75. The Hall–Kier alpha value is -3.50. The zero-order chi connectivity index (χ0) is 35.4. The number of hydrogen-bond acceptors (Lipinski definition) is 7. The number of rotatable bonds is 16. The highest BCUT2D eigenvalue weighted by molar-refractivity contribution is 5.98. The van der Waals surface area contributed by atoms with Crippen molar-refractivity contribution in [1.82, 2.24) is 15.1 Å². The second-order valence-electron chi connectivity index (χ2n) is 15.4. The van der Waals surface area contributed by atoms with Crippen LogP contribution in [0, 0.1) is 17.3 Å². The van der Waals surface area contributed by atoms with E-state index >= 15 is 0 Å². The number of carbonyl (C=O) groups is 4. The fourth-order valence-corrected chi connectivity index (χ4v) is 8.43. The van der Waals surface area contributed by atoms with Crippen LogP contribution in [0.2, 0.25) is 0 Å². The lowest BCUT2D eigenvalue weighted by Gasteiger charge is -2.45. The number of hydrogen-bond donors (Lipinski definition) is 2. The molecule has 0 radical (unpaired) electrons. The fourth-order valence-electron chi connectivity index (χ4n) is 8.43. The summed E-state index contributed by atoms with van der Waals surface area (Å²) in [7, 11) is 0. The SMILES string of the molecule is C=CCCC(=O)N[C@H](C)[C@@H](OC(=O)[C@@H]1[C@@H]2CC[C@]3(O2)[C@H](C(=O)N(CC=C)C(C)(C)CC(C)(C)C)N(CCCO)C(=O)[C@@H]13)c1ccccc1. The van der Waals surface area contributed by atoms with Crippen LogP contribution in [0.4, 0.5) is 0 Å². The predicted molar refractivity (Wildman–Crippen MR) is 183 cm³/mol. The minimum absolute atomic E-state index is 0.0825. The Kier molecular flexibility index (Phi) is 11.6. The monoisotopic (exact) mass is 665 g/mol. The molecule has 3 heterocycles. The lowest BCUT2D eigenvalue weighted by molar-refractivity contribution is -0.162. The summed E-state index contributed by atoms with van der Waals surface area (Å²) >= 11 is 0. The number of aliphatic hydroxyl groups is 1. The molecule has 0 saturated carbocycles. The van der Waals surface area contributed by atoms with Gasteiger partial charge in [-0.15, -0.1) is 13.2 Å². The largest absolute Gasteiger partial charge is 0.455 e. The Morgan fingerprint density at radius 2 is 1.85 bits per heavy atom. The van der Waals surface area contributed by atoms with Gasteiger partial charge in [-0.25, -0.2) is 0 Å². The van der Waals surface area contributed by atoms with Crippen molar-refractivity contribution in [2.24, 2.45) is 17.3 Å². The zero-order valence-corrected chi connectivity index (χ0v) is 29.6. The number of nitrogens with one attached hydrogen (secondary N) is 1. The number of aliphatic hydroxyl groups excluding tert-OH is 1. The van der Waals surface area contributed by atoms with Crippen LogP contribution in [0.25, 0.3) is 0 Å². The van der Waals surface area contributed by atoms with E-state index in [0.717, 1.165) is 0 Å². The number of carbonyl (C=O) groups excluding carboxylic acids is 4. The summed E-state index contributed by atoms with van der Waals surface area (Å²) in [6, 6.07) is 7.68. The lowest BCUT2D eigenvalue weighted by Crippen LogP contribution is -2.61. The van der Waals surface area contributed by atoms with Crippen molar-refractivity contribution in [2.75, 3.05) is 19.7 Å². The Bertz CT molecular complexity index is 1360. The molecule has 264 valence electrons. The van der Waals surface area contributed by atoms with Gasteiger partial charge >= 0.3 is 5.97 Å². The average molecular weight is 666 g/mol. The number of esters is 1. The molecule has 0 aliphatic carbocycles. The van der Waals surface area contributed by atoms with E-state index < -0.39 is 53.2 Å². The molecule has 3 aliphatic rings. The van der Waals surface area contributed by atoms with Crippen LogP contribution in [0.3, 0.4) is 0 Å². The first-order chi connectivity index (χ1) is 22.6. The Morgan fingerprint density at radius 3 is 2.46 bits per heavy atom. The minimum Gasteiger partial charge on any atom is -0.455 e. The summed E-state index contributed by atoms with van der Waals surface area (Å²) in [5.74, 6) is -3.20. The maximum Gasteiger partial charge on any atom is 0.313 e. The van der Waals surface area contributed by atoms with E-state index in [0.29, 0.717) is 31.2 Å². The van der Waals surface area contributed by atoms with Crippen LogP contribution in [-0.4, -0.2) is 87.6 Å². The molecule has 7 atom stereocenters. The van der Waals surface area contributed by atoms with Crippen LogP contribution < -0.4 is 5.32 Å². The van der Waals surface area contributed by atoms with E-state index in [1.54, 1.807) is 24.0 Å². The molecule has 1 aromatic rings. The maximum absolute atomic E-state index is 14.8. The summed E-state index contributed by atoms with van der Waals surface area (Å²) in [5.41, 5.74) is -1.16. The van der Waals surface area contributed by atoms with Gasteiger partial charge < -0.3 is 29.7 Å². The molecule has 48 heavy (non-hydrogen) atoms. The van der Waals surface area contributed by atoms with Crippen molar-refractivity contribution in [3.63, 3.8) is 0 Å². The van der Waals surface area contributed by atoms with Gasteiger partial charge in [-0.2, -0.15) is 0 Å². The smallest absolute Gasteiger partial charge is 0.313 e. The van der Waals surface area contributed by atoms with Crippen LogP contribution in [0.1, 0.15) is 91.7 Å². The maximum atomic E-state index is 14.8. The highest BCUT2D eigenvalue weighted by atomic mass is 16.6. The molecule has 1 spiro atoms. The van der Waals surface area contributed by atoms with E-state index in [2.05, 4.69) is 39.2 Å². The van der Waals surface area contributed by atoms with Gasteiger partial charge in [0.1, 0.15) is 17.7 Å². The number of likely N-dealkylation sites (tertiary alicyclic amines) is 1. The van der Waals surface area contributed by atoms with E-state index in [-0.39, 0.29) is 55.7 Å². The van der Waals surface area contributed by atoms with E-state index in [9.17, 15) is 24.3 Å². The molecular weight excluding hydrogens is 610 g/mol. The van der Waals surface area contributed by atoms with Crippen molar-refractivity contribution in [2.45, 2.75) is 115 Å². The quantitative estimate of drug-likeness (QED) is 0.193. The van der Waals surface area contributed by atoms with Gasteiger partial charge in [-0.05, 0) is 63.9 Å². The third-order valence-corrected chi connectivity index (χ3v) is 9.92. The van der Waals surface area contributed by atoms with Gasteiger partial charge in [0.2, 0.25) is 17.7 Å². The van der Waals surface area contributed by atoms with Crippen LogP contribution >= 0.6 is 0 Å². The molecule has 2 N–H and O–H groups in total. The third-order valence-electron chi connectivity index (χ3n) is 9.92. The molecule has 10 heteroatoms. The molecule has 10 nitrogen and oxygen atoms in total. The van der Waals surface area contributed by atoms with Crippen molar-refractivity contribution in [1.29, 1.82) is 0 Å². The van der Waals surface area contributed by atoms with Crippen LogP contribution in [0.15, 0.2) is 55.6 Å². The van der Waals surface area contributed by atoms with Crippen molar-refractivity contribution < 1.29 is 33.8 Å². The molecule has 0 aromatic heterocycles. The van der Waals surface area contributed by atoms with Crippen molar-refractivity contribution in [3.8, 4) is 0 Å². The summed E-state index contributed by atoms with van der Waals surface area (Å²) < 4.78 is 12.9. The molecule has 3 aliphatic heterocycles. The Balaban J connectivity index is 1.68. The second-order valence-corrected chi connectivity index (χ2v) is 15.4. The number of allylic oxidation sites excluding steroid dienone is 1. The number of amides is 3. The highest BCUT2D eigenvalue weighted by Crippen LogP contribution is 2.59. The Labute approximate surface area is 285 Å². The first-order valence-electron chi connectivity index (χ1n) is 17.3. The number of benzene rings is 1. The molecule has 3 amide bonds. The number of ether oxygens (including phenoxy) is 2. The van der Waals surface area contributed by atoms with Gasteiger partial charge in [0, 0.05) is 31.7 Å². The molecular formula is C38H55N3O7. The second kappa shape index (κ2) is 14.9. The topological polar surface area (TPSA) is 125 Å². The molecule has 4 rings (SSSR count). The van der Waals surface area contributed by atoms with Gasteiger partial charge in [-0.3, -0.25) is 19.2 Å². The van der Waals surface area contributed by atoms with Crippen molar-refractivity contribution in [3.05, 3.63) is 61.2 Å². The number of fused-ring (bicyclic) bond motifs is 1. The van der Waals surface area contributed by atoms with Crippen LogP contribution in [-0.2, 0) is 28.7 Å². The van der Waals surface area contributed by atoms with E-state index in [1.807, 2.05) is 44.2 Å². The standard InChI is InChI=1S/C38H55N3O7/c1-9-11-18-28(43)39-25(3)31(26-16-13-12-14-17-26)47-35(46)29-27-19-20-38(48-27)30(29)33(44)40(22-15-23-42)32(38)34(45)41(21-10-2)37(7,8)24-36(4,5)6/h9-10,12-14,16-17,25,27,29-32,42H,1-2,11,15,18-24H2,3-8H3,(H,39,43)/t25-,27+,29-,30-,31-,32+,38-/m1/s1. The molecule has 1 aromatic carbocycles. The molecule has 3 saturated heterocycles. The normalized spacial score (nSPS) is 26.1. The first-order valence-corrected chi connectivity index (χ1v) is 17.3. The zero-order valence-electron chi connectivity index (χ0n) is 29.6. The van der Waals surface area contributed by atoms with Gasteiger partial charge in [0.15, 0.2) is 0 Å². The van der Waals surface area contributed by atoms with Gasteiger partial charge in [-0.1, -0.05) is 63.3 Å². The van der Waals surface area contributed by atoms with Crippen molar-refractivity contribution >= 4 is 23.7 Å². The van der Waals surface area contributed by atoms with E-state index in [1.165, 1.54) is 4.90 Å². The van der Waals surface area contributed by atoms with E-state index in [4.69, 9.17) is 9.47 Å². The summed E-state index contributed by atoms with van der Waals surface area (Å²) in [6.45, 7) is 20.1. The molecule has 3 fully saturated rings. The fraction of sp³-hybridized carbons (Fsp3) is 0.632. The molecule has 0 unspecified atom stereocenters. The summed E-state index contributed by atoms with van der Waals surface area (Å²) in [5, 5.41) is 12.7. The first kappa shape index (κ1) is 37.3. The summed E-state index contributed by atoms with van der Waals surface area (Å²) in [6.07, 6.45) is 4.67. The minimum atomic E-state index is -1.21. The van der Waals surface area contributed by atoms with Crippen LogP contribution in [0.5, 0.6) is 0 Å². The Morgan fingerprint density at radius 1 is 1.17 bits per heavy atom. The third kappa shape index (κ3) is 7.54. The number of nitrogens with zero attached hydrogens (tertiary/aromatic N) is 2. The van der Waals surface area contributed by atoms with Gasteiger partial charge in [0.05, 0.1) is 24.0 Å². The van der Waals surface area contributed by atoms with Gasteiger partial charge in [0.25, 0.3) is 0 Å². The average Bonchev–Trinajstić information content (AvgIpc) is 3.66. The lowest BCUT2D eigenvalue weighted by atomic mass is 9.70. The predicted octanol–water partition coefficient (Wildman–Crippen LogP) is 4.73. The summed E-state index contributed by atoms with van der Waals surface area (Å²) in [4.78, 5) is 59.4. The molecule has 2 bridgehead atoms.